The lowest BCUT2D eigenvalue weighted by molar-refractivity contribution is 0.0778. The Kier molecular flexibility index (Phi) is 5.58. The molecule has 2 aromatic heterocycles. The number of carbonyl (C=O) groups excluding carboxylic acids is 1. The number of carbonyl (C=O) groups is 1. The Morgan fingerprint density at radius 3 is 2.53 bits per heavy atom. The Morgan fingerprint density at radius 2 is 1.75 bits per heavy atom. The highest BCUT2D eigenvalue weighted by atomic mass is 16.2. The highest BCUT2D eigenvalue weighted by Gasteiger charge is 2.26. The van der Waals surface area contributed by atoms with E-state index in [2.05, 4.69) is 21.8 Å². The third-order valence-electron chi connectivity index (χ3n) is 6.03. The lowest BCUT2D eigenvalue weighted by Gasteiger charge is -2.16. The molecule has 32 heavy (non-hydrogen) atoms. The molecule has 0 unspecified atom stereocenters. The standard InChI is InChI=1S/C26H27N5O/c1-29(18-20-17-27-31(19-20)22-13-7-3-8-14-22)26(32)24-23-15-9-4-10-16-30(23)25(28-24)21-11-5-2-6-12-21/h2-3,5-8,11-14,17,19H,4,9-10,15-16,18H2,1H3. The number of imidazole rings is 1. The number of nitrogens with zero attached hydrogens (tertiary/aromatic N) is 5. The molecular formula is C26H27N5O. The molecule has 0 saturated carbocycles. The first kappa shape index (κ1) is 20.2. The summed E-state index contributed by atoms with van der Waals surface area (Å²) >= 11 is 0. The predicted octanol–water partition coefficient (Wildman–Crippen LogP) is 4.73. The van der Waals surface area contributed by atoms with Crippen molar-refractivity contribution < 1.29 is 4.79 Å². The maximum atomic E-state index is 13.5. The third-order valence-corrected chi connectivity index (χ3v) is 6.03. The van der Waals surface area contributed by atoms with Crippen LogP contribution in [0.4, 0.5) is 0 Å². The topological polar surface area (TPSA) is 56.0 Å². The van der Waals surface area contributed by atoms with Crippen molar-refractivity contribution in [2.45, 2.75) is 38.8 Å². The van der Waals surface area contributed by atoms with E-state index in [0.29, 0.717) is 12.2 Å². The van der Waals surface area contributed by atoms with Crippen LogP contribution in [0.15, 0.2) is 73.1 Å². The molecule has 6 nitrogen and oxygen atoms in total. The zero-order chi connectivity index (χ0) is 21.9. The lowest BCUT2D eigenvalue weighted by Crippen LogP contribution is -2.27. The zero-order valence-corrected chi connectivity index (χ0v) is 18.3. The van der Waals surface area contributed by atoms with Gasteiger partial charge in [-0.3, -0.25) is 4.79 Å². The summed E-state index contributed by atoms with van der Waals surface area (Å²) in [4.78, 5) is 20.1. The van der Waals surface area contributed by atoms with Crippen molar-refractivity contribution in [1.29, 1.82) is 0 Å². The Balaban J connectivity index is 1.41. The Hall–Kier alpha value is -3.67. The number of benzene rings is 2. The number of aromatic nitrogens is 4. The van der Waals surface area contributed by atoms with Gasteiger partial charge in [-0.2, -0.15) is 5.10 Å². The minimum absolute atomic E-state index is 0.0368. The van der Waals surface area contributed by atoms with E-state index in [-0.39, 0.29) is 5.91 Å². The minimum Gasteiger partial charge on any atom is -0.336 e. The maximum absolute atomic E-state index is 13.5. The second-order valence-corrected chi connectivity index (χ2v) is 8.35. The van der Waals surface area contributed by atoms with Crippen LogP contribution in [0.25, 0.3) is 17.1 Å². The number of hydrogen-bond acceptors (Lipinski definition) is 3. The summed E-state index contributed by atoms with van der Waals surface area (Å²) < 4.78 is 4.10. The fraction of sp³-hybridized carbons (Fsp3) is 0.269. The van der Waals surface area contributed by atoms with E-state index in [0.717, 1.165) is 54.1 Å². The van der Waals surface area contributed by atoms with E-state index in [4.69, 9.17) is 4.98 Å². The van der Waals surface area contributed by atoms with Crippen LogP contribution in [-0.2, 0) is 19.5 Å². The molecule has 0 fully saturated rings. The highest BCUT2D eigenvalue weighted by molar-refractivity contribution is 5.94. The second-order valence-electron chi connectivity index (χ2n) is 8.35. The average Bonchev–Trinajstić information content (AvgIpc) is 3.37. The number of rotatable bonds is 5. The Labute approximate surface area is 188 Å². The summed E-state index contributed by atoms with van der Waals surface area (Å²) in [6, 6.07) is 20.2. The van der Waals surface area contributed by atoms with Gasteiger partial charge in [0.2, 0.25) is 0 Å². The normalized spacial score (nSPS) is 13.4. The summed E-state index contributed by atoms with van der Waals surface area (Å²) in [5.41, 5.74) is 4.70. The Morgan fingerprint density at radius 1 is 1.00 bits per heavy atom. The van der Waals surface area contributed by atoms with Crippen molar-refractivity contribution >= 4 is 5.91 Å². The van der Waals surface area contributed by atoms with Crippen molar-refractivity contribution in [3.05, 3.63) is 90.0 Å². The first-order chi connectivity index (χ1) is 15.7. The van der Waals surface area contributed by atoms with Crippen LogP contribution in [0.1, 0.15) is 41.0 Å². The molecule has 0 bridgehead atoms. The quantitative estimate of drug-likeness (QED) is 0.464. The molecule has 0 radical (unpaired) electrons. The van der Waals surface area contributed by atoms with Gasteiger partial charge in [-0.15, -0.1) is 0 Å². The van der Waals surface area contributed by atoms with Crippen LogP contribution in [-0.4, -0.2) is 37.2 Å². The van der Waals surface area contributed by atoms with Gasteiger partial charge >= 0.3 is 0 Å². The molecule has 5 rings (SSSR count). The molecule has 162 valence electrons. The molecule has 0 atom stereocenters. The molecule has 2 aromatic carbocycles. The highest BCUT2D eigenvalue weighted by Crippen LogP contribution is 2.28. The fourth-order valence-electron chi connectivity index (χ4n) is 4.39. The maximum Gasteiger partial charge on any atom is 0.274 e. The van der Waals surface area contributed by atoms with Crippen molar-refractivity contribution in [3.63, 3.8) is 0 Å². The van der Waals surface area contributed by atoms with Crippen LogP contribution >= 0.6 is 0 Å². The van der Waals surface area contributed by atoms with Gasteiger partial charge in [-0.25, -0.2) is 9.67 Å². The fourth-order valence-corrected chi connectivity index (χ4v) is 4.39. The summed E-state index contributed by atoms with van der Waals surface area (Å²) in [6.07, 6.45) is 8.07. The molecular weight excluding hydrogens is 398 g/mol. The summed E-state index contributed by atoms with van der Waals surface area (Å²) in [5.74, 6) is 0.862. The molecule has 3 heterocycles. The minimum atomic E-state index is -0.0368. The largest absolute Gasteiger partial charge is 0.336 e. The van der Waals surface area contributed by atoms with Gasteiger partial charge in [-0.1, -0.05) is 55.0 Å². The first-order valence-corrected chi connectivity index (χ1v) is 11.2. The first-order valence-electron chi connectivity index (χ1n) is 11.2. The summed E-state index contributed by atoms with van der Waals surface area (Å²) in [7, 11) is 1.84. The molecule has 1 aliphatic heterocycles. The van der Waals surface area contributed by atoms with Gasteiger partial charge in [0.05, 0.1) is 17.6 Å². The smallest absolute Gasteiger partial charge is 0.274 e. The van der Waals surface area contributed by atoms with E-state index in [1.165, 1.54) is 6.42 Å². The number of para-hydroxylation sites is 1. The van der Waals surface area contributed by atoms with Gasteiger partial charge in [0.15, 0.2) is 0 Å². The van der Waals surface area contributed by atoms with Crippen LogP contribution in [0.5, 0.6) is 0 Å². The third kappa shape index (κ3) is 3.96. The van der Waals surface area contributed by atoms with Crippen LogP contribution in [0.3, 0.4) is 0 Å². The lowest BCUT2D eigenvalue weighted by atomic mass is 10.1. The van der Waals surface area contributed by atoms with Crippen LogP contribution in [0.2, 0.25) is 0 Å². The second kappa shape index (κ2) is 8.83. The van der Waals surface area contributed by atoms with Gasteiger partial charge in [-0.05, 0) is 31.4 Å². The molecule has 0 saturated heterocycles. The molecule has 1 aliphatic rings. The number of hydrogen-bond donors (Lipinski definition) is 0. The monoisotopic (exact) mass is 425 g/mol. The van der Waals surface area contributed by atoms with Gasteiger partial charge in [0.1, 0.15) is 11.5 Å². The van der Waals surface area contributed by atoms with Crippen molar-refractivity contribution in [2.24, 2.45) is 0 Å². The van der Waals surface area contributed by atoms with Gasteiger partial charge < -0.3 is 9.47 Å². The van der Waals surface area contributed by atoms with E-state index >= 15 is 0 Å². The zero-order valence-electron chi connectivity index (χ0n) is 18.3. The summed E-state index contributed by atoms with van der Waals surface area (Å²) in [6.45, 7) is 1.39. The van der Waals surface area contributed by atoms with Crippen molar-refractivity contribution in [1.82, 2.24) is 24.2 Å². The molecule has 0 spiro atoms. The molecule has 4 aromatic rings. The molecule has 1 amide bonds. The number of fused-ring (bicyclic) bond motifs is 1. The van der Waals surface area contributed by atoms with E-state index in [9.17, 15) is 4.79 Å². The number of amides is 1. The van der Waals surface area contributed by atoms with Crippen molar-refractivity contribution in [3.8, 4) is 17.1 Å². The predicted molar refractivity (Wildman–Crippen MR) is 125 cm³/mol. The summed E-state index contributed by atoms with van der Waals surface area (Å²) in [5, 5.41) is 4.46. The van der Waals surface area contributed by atoms with Gasteiger partial charge in [0.25, 0.3) is 5.91 Å². The SMILES string of the molecule is CN(Cc1cnn(-c2ccccc2)c1)C(=O)c1nc(-c2ccccc2)n2c1CCCCC2. The van der Waals surface area contributed by atoms with Crippen molar-refractivity contribution in [2.75, 3.05) is 7.05 Å². The van der Waals surface area contributed by atoms with E-state index < -0.39 is 0 Å². The van der Waals surface area contributed by atoms with Crippen LogP contribution in [0, 0.1) is 0 Å². The van der Waals surface area contributed by atoms with Gasteiger partial charge in [0, 0.05) is 37.5 Å². The van der Waals surface area contributed by atoms with Crippen LogP contribution < -0.4 is 0 Å². The molecule has 0 aliphatic carbocycles. The molecule has 6 heteroatoms. The molecule has 0 N–H and O–H groups in total. The average molecular weight is 426 g/mol. The van der Waals surface area contributed by atoms with E-state index in [1.807, 2.05) is 72.7 Å². The van der Waals surface area contributed by atoms with E-state index in [1.54, 1.807) is 4.90 Å². The Bertz CT molecular complexity index is 1210.